The number of halogens is 3. The number of amides is 1. The van der Waals surface area contributed by atoms with Crippen molar-refractivity contribution in [3.8, 4) is 5.69 Å². The highest BCUT2D eigenvalue weighted by Gasteiger charge is 2.30. The van der Waals surface area contributed by atoms with Crippen LogP contribution in [0, 0.1) is 6.92 Å². The van der Waals surface area contributed by atoms with Crippen LogP contribution in [0.15, 0.2) is 65.5 Å². The Bertz CT molecular complexity index is 1090. The van der Waals surface area contributed by atoms with Crippen molar-refractivity contribution in [2.45, 2.75) is 25.9 Å². The summed E-state index contributed by atoms with van der Waals surface area (Å²) in [7, 11) is 0. The predicted molar refractivity (Wildman–Crippen MR) is 107 cm³/mol. The second-order valence-corrected chi connectivity index (χ2v) is 6.80. The van der Waals surface area contributed by atoms with Gasteiger partial charge in [0.1, 0.15) is 0 Å². The first-order chi connectivity index (χ1) is 14.3. The van der Waals surface area contributed by atoms with E-state index in [9.17, 15) is 22.8 Å². The van der Waals surface area contributed by atoms with Crippen molar-refractivity contribution in [1.29, 1.82) is 0 Å². The number of hydrogen-bond donors (Lipinski definition) is 1. The number of rotatable bonds is 6. The van der Waals surface area contributed by atoms with Crippen molar-refractivity contribution in [1.82, 2.24) is 15.1 Å². The van der Waals surface area contributed by atoms with E-state index in [1.165, 1.54) is 25.1 Å². The van der Waals surface area contributed by atoms with Crippen molar-refractivity contribution < 1.29 is 18.0 Å². The molecule has 0 fully saturated rings. The number of carbonyl (C=O) groups is 1. The molecule has 5 nitrogen and oxygen atoms in total. The maximum absolute atomic E-state index is 13.0. The molecule has 1 aromatic heterocycles. The van der Waals surface area contributed by atoms with Crippen molar-refractivity contribution in [2.24, 2.45) is 0 Å². The molecule has 0 saturated carbocycles. The molecular formula is C22H20F3N3O2. The molecule has 0 aliphatic carbocycles. The molecule has 2 aromatic carbocycles. The number of hydrogen-bond acceptors (Lipinski definition) is 3. The van der Waals surface area contributed by atoms with Crippen LogP contribution >= 0.6 is 0 Å². The van der Waals surface area contributed by atoms with Crippen LogP contribution in [-0.2, 0) is 12.6 Å². The second-order valence-electron chi connectivity index (χ2n) is 6.80. The zero-order valence-corrected chi connectivity index (χ0v) is 16.2. The van der Waals surface area contributed by atoms with Crippen molar-refractivity contribution in [3.05, 3.63) is 93.4 Å². The Labute approximate surface area is 171 Å². The monoisotopic (exact) mass is 415 g/mol. The number of aryl methyl sites for hydroxylation is 2. The summed E-state index contributed by atoms with van der Waals surface area (Å²) in [5.41, 5.74) is -0.228. The third-order valence-corrected chi connectivity index (χ3v) is 4.51. The normalized spacial score (nSPS) is 11.3. The third kappa shape index (κ3) is 5.14. The van der Waals surface area contributed by atoms with Gasteiger partial charge < -0.3 is 5.32 Å². The highest BCUT2D eigenvalue weighted by molar-refractivity contribution is 5.92. The summed E-state index contributed by atoms with van der Waals surface area (Å²) in [6.07, 6.45) is -3.08. The number of aromatic nitrogens is 2. The van der Waals surface area contributed by atoms with Crippen molar-refractivity contribution in [3.63, 3.8) is 0 Å². The van der Waals surface area contributed by atoms with E-state index >= 15 is 0 Å². The van der Waals surface area contributed by atoms with Gasteiger partial charge >= 0.3 is 6.18 Å². The lowest BCUT2D eigenvalue weighted by Crippen LogP contribution is -2.32. The molecule has 1 N–H and O–H groups in total. The standard InChI is InChI=1S/C22H20F3N3O2/c1-15-13-19(29)20(21(30)26-12-6-9-16-7-3-2-4-8-16)27-28(15)18-11-5-10-17(14-18)22(23,24)25/h2-5,7-8,10-11,13-14H,6,9,12H2,1H3,(H,26,30). The fraction of sp³-hybridized carbons (Fsp3) is 0.227. The molecule has 1 amide bonds. The third-order valence-electron chi connectivity index (χ3n) is 4.51. The van der Waals surface area contributed by atoms with E-state index in [0.29, 0.717) is 18.7 Å². The van der Waals surface area contributed by atoms with Gasteiger partial charge in [-0.2, -0.15) is 18.3 Å². The summed E-state index contributed by atoms with van der Waals surface area (Å²) in [5.74, 6) is -0.659. The summed E-state index contributed by atoms with van der Waals surface area (Å²) >= 11 is 0. The second kappa shape index (κ2) is 8.94. The van der Waals surface area contributed by atoms with E-state index in [2.05, 4.69) is 10.4 Å². The quantitative estimate of drug-likeness (QED) is 0.621. The highest BCUT2D eigenvalue weighted by atomic mass is 19.4. The van der Waals surface area contributed by atoms with Gasteiger partial charge in [-0.1, -0.05) is 36.4 Å². The molecule has 30 heavy (non-hydrogen) atoms. The van der Waals surface area contributed by atoms with Crippen LogP contribution in [0.25, 0.3) is 5.69 Å². The SMILES string of the molecule is Cc1cc(=O)c(C(=O)NCCCc2ccccc2)nn1-c1cccc(C(F)(F)F)c1. The molecule has 0 radical (unpaired) electrons. The molecule has 0 atom stereocenters. The molecule has 0 aliphatic rings. The van der Waals surface area contributed by atoms with Gasteiger partial charge in [0.25, 0.3) is 5.91 Å². The lowest BCUT2D eigenvalue weighted by molar-refractivity contribution is -0.137. The zero-order valence-electron chi connectivity index (χ0n) is 16.2. The summed E-state index contributed by atoms with van der Waals surface area (Å²) in [6, 6.07) is 15.5. The molecule has 1 heterocycles. The Morgan fingerprint density at radius 3 is 2.50 bits per heavy atom. The van der Waals surface area contributed by atoms with Gasteiger partial charge in [-0.25, -0.2) is 4.68 Å². The average Bonchev–Trinajstić information content (AvgIpc) is 2.71. The van der Waals surface area contributed by atoms with Gasteiger partial charge in [-0.05, 0) is 43.5 Å². The summed E-state index contributed by atoms with van der Waals surface area (Å²) < 4.78 is 40.2. The number of carbonyl (C=O) groups excluding carboxylic acids is 1. The summed E-state index contributed by atoms with van der Waals surface area (Å²) in [5, 5.41) is 6.68. The predicted octanol–water partition coefficient (Wildman–Crippen LogP) is 3.92. The topological polar surface area (TPSA) is 64.0 Å². The molecule has 8 heteroatoms. The highest BCUT2D eigenvalue weighted by Crippen LogP contribution is 2.30. The maximum atomic E-state index is 13.0. The van der Waals surface area contributed by atoms with Crippen LogP contribution in [0.5, 0.6) is 0 Å². The van der Waals surface area contributed by atoms with Crippen LogP contribution in [-0.4, -0.2) is 22.2 Å². The fourth-order valence-corrected chi connectivity index (χ4v) is 3.00. The van der Waals surface area contributed by atoms with Gasteiger partial charge in [0.15, 0.2) is 5.69 Å². The largest absolute Gasteiger partial charge is 0.416 e. The lowest BCUT2D eigenvalue weighted by Gasteiger charge is -2.13. The smallest absolute Gasteiger partial charge is 0.351 e. The minimum absolute atomic E-state index is 0.112. The number of nitrogens with one attached hydrogen (secondary N) is 1. The van der Waals surface area contributed by atoms with Gasteiger partial charge in [0, 0.05) is 18.3 Å². The maximum Gasteiger partial charge on any atom is 0.416 e. The average molecular weight is 415 g/mol. The van der Waals surface area contributed by atoms with E-state index in [1.54, 1.807) is 0 Å². The van der Waals surface area contributed by atoms with E-state index in [0.717, 1.165) is 28.8 Å². The Morgan fingerprint density at radius 2 is 1.80 bits per heavy atom. The molecule has 156 valence electrons. The molecule has 0 bridgehead atoms. The molecule has 3 aromatic rings. The first kappa shape index (κ1) is 21.3. The van der Waals surface area contributed by atoms with E-state index in [-0.39, 0.29) is 11.4 Å². The van der Waals surface area contributed by atoms with Gasteiger partial charge in [0.2, 0.25) is 5.43 Å². The number of benzene rings is 2. The van der Waals surface area contributed by atoms with Crippen LogP contribution in [0.2, 0.25) is 0 Å². The summed E-state index contributed by atoms with van der Waals surface area (Å²) in [4.78, 5) is 24.7. The minimum Gasteiger partial charge on any atom is -0.351 e. The van der Waals surface area contributed by atoms with Crippen LogP contribution in [0.4, 0.5) is 13.2 Å². The zero-order chi connectivity index (χ0) is 21.7. The molecule has 0 saturated heterocycles. The number of alkyl halides is 3. The van der Waals surface area contributed by atoms with Crippen molar-refractivity contribution >= 4 is 5.91 Å². The van der Waals surface area contributed by atoms with Crippen LogP contribution in [0.3, 0.4) is 0 Å². The Hall–Kier alpha value is -3.42. The van der Waals surface area contributed by atoms with Gasteiger partial charge in [-0.15, -0.1) is 0 Å². The molecule has 0 spiro atoms. The van der Waals surface area contributed by atoms with Gasteiger partial charge in [-0.3, -0.25) is 9.59 Å². The lowest BCUT2D eigenvalue weighted by atomic mass is 10.1. The molecule has 0 aliphatic heterocycles. The van der Waals surface area contributed by atoms with Crippen molar-refractivity contribution in [2.75, 3.05) is 6.54 Å². The van der Waals surface area contributed by atoms with Gasteiger partial charge in [0.05, 0.1) is 11.3 Å². The summed E-state index contributed by atoms with van der Waals surface area (Å²) in [6.45, 7) is 1.88. The van der Waals surface area contributed by atoms with Crippen LogP contribution < -0.4 is 10.7 Å². The number of nitrogens with zero attached hydrogens (tertiary/aromatic N) is 2. The molecular weight excluding hydrogens is 395 g/mol. The Morgan fingerprint density at radius 1 is 1.07 bits per heavy atom. The first-order valence-corrected chi connectivity index (χ1v) is 9.36. The Kier molecular flexibility index (Phi) is 6.34. The Balaban J connectivity index is 1.76. The van der Waals surface area contributed by atoms with Crippen LogP contribution in [0.1, 0.15) is 33.7 Å². The first-order valence-electron chi connectivity index (χ1n) is 9.36. The van der Waals surface area contributed by atoms with E-state index in [4.69, 9.17) is 0 Å². The fourth-order valence-electron chi connectivity index (χ4n) is 3.00. The van der Waals surface area contributed by atoms with E-state index in [1.807, 2.05) is 30.3 Å². The molecule has 3 rings (SSSR count). The molecule has 0 unspecified atom stereocenters. The van der Waals surface area contributed by atoms with E-state index < -0.39 is 23.1 Å². The minimum atomic E-state index is -4.51.